The number of carboxylic acids is 1. The third-order valence-corrected chi connectivity index (χ3v) is 6.72. The monoisotopic (exact) mass is 451 g/mol. The Morgan fingerprint density at radius 3 is 2.66 bits per heavy atom. The van der Waals surface area contributed by atoms with E-state index in [1.165, 1.54) is 4.88 Å². The first-order chi connectivity index (χ1) is 15.4. The zero-order valence-electron chi connectivity index (χ0n) is 18.2. The van der Waals surface area contributed by atoms with E-state index in [0.717, 1.165) is 39.4 Å². The number of fused-ring (bicyclic) bond motifs is 3. The Balaban J connectivity index is 1.82. The lowest BCUT2D eigenvalue weighted by Crippen LogP contribution is -2.10. The van der Waals surface area contributed by atoms with Gasteiger partial charge in [0.15, 0.2) is 5.82 Å². The summed E-state index contributed by atoms with van der Waals surface area (Å²) >= 11 is 1.65. The summed E-state index contributed by atoms with van der Waals surface area (Å²) in [4.78, 5) is 17.7. The molecule has 0 aliphatic carbocycles. The molecule has 3 aromatic rings. The smallest absolute Gasteiger partial charge is 0.306 e. The van der Waals surface area contributed by atoms with Gasteiger partial charge in [-0.3, -0.25) is 14.4 Å². The summed E-state index contributed by atoms with van der Waals surface area (Å²) in [6.45, 7) is 6.53. The van der Waals surface area contributed by atoms with E-state index in [1.54, 1.807) is 11.3 Å². The van der Waals surface area contributed by atoms with Gasteiger partial charge in [0, 0.05) is 22.5 Å². The minimum Gasteiger partial charge on any atom is -0.481 e. The molecule has 166 valence electrons. The summed E-state index contributed by atoms with van der Waals surface area (Å²) in [6.07, 6.45) is 4.55. The van der Waals surface area contributed by atoms with E-state index in [0.29, 0.717) is 18.2 Å². The van der Waals surface area contributed by atoms with Crippen LogP contribution < -0.4 is 5.48 Å². The van der Waals surface area contributed by atoms with Crippen molar-refractivity contribution in [3.63, 3.8) is 0 Å². The van der Waals surface area contributed by atoms with E-state index in [4.69, 9.17) is 10.2 Å². The molecule has 1 aliphatic rings. The molecule has 32 heavy (non-hydrogen) atoms. The van der Waals surface area contributed by atoms with Crippen molar-refractivity contribution in [3.05, 3.63) is 69.1 Å². The summed E-state index contributed by atoms with van der Waals surface area (Å²) < 4.78 is 1.95. The summed E-state index contributed by atoms with van der Waals surface area (Å²) in [5, 5.41) is 27.7. The summed E-state index contributed by atoms with van der Waals surface area (Å²) in [5.74, 6) is 0.341. The number of hydrogen-bond acceptors (Lipinski definition) is 7. The highest BCUT2D eigenvalue weighted by Crippen LogP contribution is 2.39. The molecule has 3 N–H and O–H groups in total. The third kappa shape index (κ3) is 4.14. The number of hydrogen-bond donors (Lipinski definition) is 3. The summed E-state index contributed by atoms with van der Waals surface area (Å²) in [6, 6.07) is 7.41. The van der Waals surface area contributed by atoms with E-state index in [2.05, 4.69) is 29.5 Å². The number of carbonyl (C=O) groups is 1. The average Bonchev–Trinajstić information content (AvgIpc) is 3.24. The van der Waals surface area contributed by atoms with Crippen LogP contribution in [0.25, 0.3) is 11.1 Å². The molecule has 2 aromatic heterocycles. The predicted molar refractivity (Wildman–Crippen MR) is 124 cm³/mol. The van der Waals surface area contributed by atoms with E-state index >= 15 is 0 Å². The molecule has 1 atom stereocenters. The number of aliphatic carboxylic acids is 1. The predicted octanol–water partition coefficient (Wildman–Crippen LogP) is 4.00. The molecule has 0 fully saturated rings. The van der Waals surface area contributed by atoms with Gasteiger partial charge in [-0.1, -0.05) is 36.4 Å². The van der Waals surface area contributed by atoms with Gasteiger partial charge < -0.3 is 10.3 Å². The summed E-state index contributed by atoms with van der Waals surface area (Å²) in [5.41, 5.74) is 7.00. The van der Waals surface area contributed by atoms with Gasteiger partial charge in [0.2, 0.25) is 0 Å². The van der Waals surface area contributed by atoms with E-state index in [-0.39, 0.29) is 6.42 Å². The zero-order valence-corrected chi connectivity index (χ0v) is 19.0. The fraction of sp³-hybridized carbons (Fsp3) is 0.304. The van der Waals surface area contributed by atoms with Crippen molar-refractivity contribution in [2.75, 3.05) is 6.54 Å². The Morgan fingerprint density at radius 1 is 1.22 bits per heavy atom. The van der Waals surface area contributed by atoms with Crippen molar-refractivity contribution in [2.45, 2.75) is 39.7 Å². The van der Waals surface area contributed by atoms with Crippen molar-refractivity contribution in [1.29, 1.82) is 0 Å². The number of aryl methyl sites for hydroxylation is 2. The Bertz CT molecular complexity index is 1210. The van der Waals surface area contributed by atoms with Crippen LogP contribution in [0.1, 0.15) is 57.7 Å². The van der Waals surface area contributed by atoms with Gasteiger partial charge >= 0.3 is 5.97 Å². The van der Waals surface area contributed by atoms with Crippen LogP contribution in [0.15, 0.2) is 35.3 Å². The average molecular weight is 452 g/mol. The Morgan fingerprint density at radius 2 is 1.97 bits per heavy atom. The number of aliphatic imine (C=N–C) groups is 1. The molecule has 0 amide bonds. The van der Waals surface area contributed by atoms with Crippen molar-refractivity contribution < 1.29 is 15.1 Å². The van der Waals surface area contributed by atoms with Crippen LogP contribution in [0.2, 0.25) is 0 Å². The Labute approximate surface area is 189 Å². The minimum absolute atomic E-state index is 0.158. The number of nitrogens with zero attached hydrogens (tertiary/aromatic N) is 4. The van der Waals surface area contributed by atoms with Crippen LogP contribution in [0, 0.1) is 20.8 Å². The zero-order chi connectivity index (χ0) is 22.8. The maximum Gasteiger partial charge on any atom is 0.306 e. The lowest BCUT2D eigenvalue weighted by atomic mass is 9.98. The van der Waals surface area contributed by atoms with Crippen molar-refractivity contribution in [2.24, 2.45) is 4.99 Å². The highest BCUT2D eigenvalue weighted by Gasteiger charge is 2.32. The van der Waals surface area contributed by atoms with Crippen LogP contribution >= 0.6 is 11.3 Å². The van der Waals surface area contributed by atoms with Crippen molar-refractivity contribution in [1.82, 2.24) is 20.2 Å². The van der Waals surface area contributed by atoms with E-state index in [9.17, 15) is 9.90 Å². The molecule has 0 radical (unpaired) electrons. The standard InChI is InChI=1S/C23H25N5O3S/c1-13-14(2)32-23-20(13)21(17-9-7-16(8-10-17)6-4-5-11-24-31)25-18(12-19(29)30)22-27-26-15(3)28(22)23/h4,6-10,18,24,31H,5,11-12H2,1-3H3,(H,29,30)/t18-/m0/s1. The fourth-order valence-electron chi connectivity index (χ4n) is 3.81. The largest absolute Gasteiger partial charge is 0.481 e. The third-order valence-electron chi connectivity index (χ3n) is 5.52. The quantitative estimate of drug-likeness (QED) is 0.370. The number of thiophene rings is 1. The summed E-state index contributed by atoms with van der Waals surface area (Å²) in [7, 11) is 0. The topological polar surface area (TPSA) is 113 Å². The normalized spacial score (nSPS) is 15.4. The van der Waals surface area contributed by atoms with Gasteiger partial charge in [0.25, 0.3) is 0 Å². The number of hydroxylamine groups is 1. The second-order valence-corrected chi connectivity index (χ2v) is 8.92. The first kappa shape index (κ1) is 22.1. The fourth-order valence-corrected chi connectivity index (χ4v) is 5.02. The molecule has 0 bridgehead atoms. The number of benzene rings is 1. The van der Waals surface area contributed by atoms with Crippen LogP contribution in [-0.2, 0) is 4.79 Å². The molecule has 8 nitrogen and oxygen atoms in total. The van der Waals surface area contributed by atoms with Crippen molar-refractivity contribution >= 4 is 29.1 Å². The highest BCUT2D eigenvalue weighted by atomic mass is 32.1. The molecule has 9 heteroatoms. The van der Waals surface area contributed by atoms with Crippen molar-refractivity contribution in [3.8, 4) is 5.00 Å². The van der Waals surface area contributed by atoms with Gasteiger partial charge in [-0.15, -0.1) is 21.5 Å². The molecule has 1 aromatic carbocycles. The van der Waals surface area contributed by atoms with Gasteiger partial charge in [0.05, 0.1) is 12.1 Å². The van der Waals surface area contributed by atoms with Crippen LogP contribution in [-0.4, -0.2) is 43.3 Å². The molecule has 0 unspecified atom stereocenters. The molecular formula is C23H25N5O3S. The molecule has 0 spiro atoms. The van der Waals surface area contributed by atoms with E-state index < -0.39 is 12.0 Å². The van der Waals surface area contributed by atoms with Gasteiger partial charge in [-0.25, -0.2) is 5.48 Å². The number of carboxylic acid groups (broad SMARTS) is 1. The molecule has 3 heterocycles. The van der Waals surface area contributed by atoms with Crippen LogP contribution in [0.4, 0.5) is 0 Å². The minimum atomic E-state index is -0.929. The highest BCUT2D eigenvalue weighted by molar-refractivity contribution is 7.15. The maximum absolute atomic E-state index is 11.6. The van der Waals surface area contributed by atoms with E-state index in [1.807, 2.05) is 47.9 Å². The Kier molecular flexibility index (Phi) is 6.31. The number of rotatable bonds is 7. The Hall–Kier alpha value is -3.14. The lowest BCUT2D eigenvalue weighted by Gasteiger charge is -2.11. The SMILES string of the molecule is Cc1sc2c(c1C)C(c1ccc(C=CCCNO)cc1)=N[C@@H](CC(=O)O)c1nnc(C)n1-2. The van der Waals surface area contributed by atoms with Gasteiger partial charge in [0.1, 0.15) is 16.9 Å². The molecule has 0 saturated carbocycles. The lowest BCUT2D eigenvalue weighted by molar-refractivity contribution is -0.137. The first-order valence-corrected chi connectivity index (χ1v) is 11.2. The molecule has 4 rings (SSSR count). The molecular weight excluding hydrogens is 426 g/mol. The van der Waals surface area contributed by atoms with Crippen LogP contribution in [0.5, 0.6) is 0 Å². The number of nitrogens with one attached hydrogen (secondary N) is 1. The first-order valence-electron chi connectivity index (χ1n) is 10.4. The van der Waals surface area contributed by atoms with Gasteiger partial charge in [-0.2, -0.15) is 0 Å². The molecule has 0 saturated heterocycles. The molecule has 1 aliphatic heterocycles. The second kappa shape index (κ2) is 9.15. The van der Waals surface area contributed by atoms with Crippen LogP contribution in [0.3, 0.4) is 0 Å². The second-order valence-electron chi connectivity index (χ2n) is 7.72. The van der Waals surface area contributed by atoms with Gasteiger partial charge in [-0.05, 0) is 38.3 Å². The number of aromatic nitrogens is 3. The maximum atomic E-state index is 11.6.